The number of benzene rings is 4. The van der Waals surface area contributed by atoms with Crippen LogP contribution in [0.2, 0.25) is 0 Å². The van der Waals surface area contributed by atoms with Gasteiger partial charge in [-0.15, -0.1) is 23.1 Å². The van der Waals surface area contributed by atoms with Crippen LogP contribution in [-0.4, -0.2) is 52.1 Å². The molecule has 4 aromatic carbocycles. The van der Waals surface area contributed by atoms with Gasteiger partial charge >= 0.3 is 5.97 Å². The number of hydrogen-bond donors (Lipinski definition) is 3. The van der Waals surface area contributed by atoms with E-state index in [0.717, 1.165) is 35.3 Å². The number of amides is 3. The number of ether oxygens (including phenoxy) is 4. The zero-order valence-corrected chi connectivity index (χ0v) is 36.3. The molecule has 0 bridgehead atoms. The van der Waals surface area contributed by atoms with Crippen LogP contribution in [0.15, 0.2) is 108 Å². The minimum Gasteiger partial charge on any atom is -0.496 e. The summed E-state index contributed by atoms with van der Waals surface area (Å²) < 4.78 is 21.7. The fraction of sp³-hybridized carbons (Fsp3) is 0.277. The van der Waals surface area contributed by atoms with Crippen LogP contribution in [0.25, 0.3) is 6.08 Å². The number of rotatable bonds is 14. The predicted octanol–water partition coefficient (Wildman–Crippen LogP) is 9.59. The molecule has 0 saturated heterocycles. The van der Waals surface area contributed by atoms with Crippen LogP contribution in [0.5, 0.6) is 17.2 Å². The Morgan fingerprint density at radius 2 is 1.47 bits per heavy atom. The number of thiophene rings is 1. The maximum absolute atomic E-state index is 14.4. The molecule has 0 saturated carbocycles. The lowest BCUT2D eigenvalue weighted by atomic mass is 9.72. The number of anilines is 2. The molecule has 1 heterocycles. The Balaban J connectivity index is 1.29. The second kappa shape index (κ2) is 19.3. The van der Waals surface area contributed by atoms with Crippen LogP contribution in [0.3, 0.4) is 0 Å². The number of thioether (sulfide) groups is 1. The van der Waals surface area contributed by atoms with Crippen molar-refractivity contribution >= 4 is 63.6 Å². The molecule has 0 fully saturated rings. The summed E-state index contributed by atoms with van der Waals surface area (Å²) in [5.74, 6) is -0.235. The van der Waals surface area contributed by atoms with Gasteiger partial charge < -0.3 is 34.9 Å². The van der Waals surface area contributed by atoms with Crippen LogP contribution in [0.4, 0.5) is 10.7 Å². The van der Waals surface area contributed by atoms with Crippen molar-refractivity contribution in [3.63, 3.8) is 0 Å². The molecule has 60 heavy (non-hydrogen) atoms. The first-order chi connectivity index (χ1) is 28.8. The van der Waals surface area contributed by atoms with Crippen LogP contribution in [0, 0.1) is 11.3 Å². The number of carbonyl (C=O) groups excluding carboxylic acids is 4. The van der Waals surface area contributed by atoms with E-state index in [1.54, 1.807) is 60.7 Å². The highest BCUT2D eigenvalue weighted by atomic mass is 32.2. The van der Waals surface area contributed by atoms with Crippen molar-refractivity contribution in [3.05, 3.63) is 135 Å². The molecule has 5 aromatic rings. The molecule has 1 aliphatic rings. The smallest absolute Gasteiger partial charge is 0.341 e. The van der Waals surface area contributed by atoms with Gasteiger partial charge in [-0.1, -0.05) is 75.4 Å². The van der Waals surface area contributed by atoms with Gasteiger partial charge in [0.15, 0.2) is 11.5 Å². The molecule has 11 nitrogen and oxygen atoms in total. The third-order valence-electron chi connectivity index (χ3n) is 10.4. The fourth-order valence-corrected chi connectivity index (χ4v) is 9.46. The Kier molecular flexibility index (Phi) is 14.0. The molecule has 3 amide bonds. The highest BCUT2D eigenvalue weighted by molar-refractivity contribution is 8.00. The number of esters is 1. The van der Waals surface area contributed by atoms with Crippen molar-refractivity contribution in [2.45, 2.75) is 50.2 Å². The first-order valence-electron chi connectivity index (χ1n) is 19.4. The molecule has 0 radical (unpaired) electrons. The van der Waals surface area contributed by atoms with Crippen molar-refractivity contribution in [1.29, 1.82) is 0 Å². The summed E-state index contributed by atoms with van der Waals surface area (Å²) in [4.78, 5) is 56.9. The highest BCUT2D eigenvalue weighted by Crippen LogP contribution is 2.46. The minimum atomic E-state index is -0.734. The van der Waals surface area contributed by atoms with Gasteiger partial charge in [0, 0.05) is 32.7 Å². The summed E-state index contributed by atoms with van der Waals surface area (Å²) in [5, 5.41) is 8.54. The van der Waals surface area contributed by atoms with Gasteiger partial charge in [0.2, 0.25) is 5.91 Å². The number of carbonyl (C=O) groups is 4. The van der Waals surface area contributed by atoms with Gasteiger partial charge in [0.05, 0.1) is 34.0 Å². The van der Waals surface area contributed by atoms with Gasteiger partial charge in [-0.05, 0) is 84.2 Å². The quantitative estimate of drug-likeness (QED) is 0.0566. The van der Waals surface area contributed by atoms with Crippen molar-refractivity contribution in [1.82, 2.24) is 5.32 Å². The monoisotopic (exact) mass is 847 g/mol. The molecule has 1 aromatic heterocycles. The Bertz CT molecular complexity index is 2390. The summed E-state index contributed by atoms with van der Waals surface area (Å²) in [6, 6.07) is 28.3. The summed E-state index contributed by atoms with van der Waals surface area (Å²) in [7, 11) is 5.85. The van der Waals surface area contributed by atoms with E-state index >= 15 is 0 Å². The molecule has 0 spiro atoms. The number of nitrogens with one attached hydrogen (secondary N) is 3. The Morgan fingerprint density at radius 3 is 2.12 bits per heavy atom. The lowest BCUT2D eigenvalue weighted by molar-refractivity contribution is -0.116. The van der Waals surface area contributed by atoms with Gasteiger partial charge in [-0.25, -0.2) is 4.79 Å². The van der Waals surface area contributed by atoms with E-state index in [4.69, 9.17) is 18.9 Å². The van der Waals surface area contributed by atoms with E-state index in [2.05, 4.69) is 36.7 Å². The number of methoxy groups -OCH3 is 4. The first-order valence-corrected chi connectivity index (χ1v) is 21.1. The molecular weight excluding hydrogens is 799 g/mol. The standard InChI is InChI=1S/C47H49N3O8S2/c1-47(2,3)31-21-22-34-39(25-31)60-45(40(34)46(54)58-7)50-44(53)41(28-15-10-8-11-16-28)59-33-20-14-19-32(26-33)48-43(52)35(49-42(51)29-17-12-9-13-18-29)23-30-24-37(56-5)38(57-6)27-36(30)55-4/h8-20,23-24,26-27,31,41H,21-22,25H2,1-7H3,(H,48,52)(H,49,51)(H,50,53)/b35-23+. The predicted molar refractivity (Wildman–Crippen MR) is 237 cm³/mol. The Morgan fingerprint density at radius 1 is 0.800 bits per heavy atom. The van der Waals surface area contributed by atoms with Gasteiger partial charge in [-0.2, -0.15) is 0 Å². The van der Waals surface area contributed by atoms with Crippen LogP contribution >= 0.6 is 23.1 Å². The molecule has 312 valence electrons. The van der Waals surface area contributed by atoms with Crippen molar-refractivity contribution in [3.8, 4) is 17.2 Å². The van der Waals surface area contributed by atoms with Crippen molar-refractivity contribution in [2.75, 3.05) is 39.1 Å². The minimum absolute atomic E-state index is 0.0668. The Hall–Kier alpha value is -6.05. The topological polar surface area (TPSA) is 141 Å². The summed E-state index contributed by atoms with van der Waals surface area (Å²) >= 11 is 2.75. The maximum atomic E-state index is 14.4. The normalized spacial score (nSPS) is 14.2. The second-order valence-corrected chi connectivity index (χ2v) is 17.5. The molecule has 6 rings (SSSR count). The summed E-state index contributed by atoms with van der Waals surface area (Å²) in [5.41, 5.74) is 3.39. The van der Waals surface area contributed by atoms with E-state index in [0.29, 0.717) is 55.4 Å². The average Bonchev–Trinajstić information content (AvgIpc) is 3.62. The van der Waals surface area contributed by atoms with E-state index in [1.807, 2.05) is 36.4 Å². The van der Waals surface area contributed by atoms with E-state index < -0.39 is 23.0 Å². The zero-order chi connectivity index (χ0) is 43.0. The van der Waals surface area contributed by atoms with E-state index in [-0.39, 0.29) is 17.0 Å². The first kappa shape index (κ1) is 43.5. The Labute approximate surface area is 358 Å². The number of fused-ring (bicyclic) bond motifs is 1. The molecular formula is C47H49N3O8S2. The van der Waals surface area contributed by atoms with Gasteiger partial charge in [0.25, 0.3) is 11.8 Å². The maximum Gasteiger partial charge on any atom is 0.341 e. The molecule has 2 atom stereocenters. The zero-order valence-electron chi connectivity index (χ0n) is 34.7. The third kappa shape index (κ3) is 10.2. The lowest BCUT2D eigenvalue weighted by Gasteiger charge is -2.33. The molecule has 2 unspecified atom stereocenters. The van der Waals surface area contributed by atoms with Crippen LogP contribution in [-0.2, 0) is 27.2 Å². The van der Waals surface area contributed by atoms with Crippen LogP contribution in [0.1, 0.15) is 74.7 Å². The SMILES string of the molecule is COC(=O)c1c(NC(=O)C(Sc2cccc(NC(=O)/C(=C\c3cc(OC)c(OC)cc3OC)NC(=O)c3ccccc3)c2)c2ccccc2)sc2c1CCC(C(C)(C)C)C2. The summed E-state index contributed by atoms with van der Waals surface area (Å²) in [6.45, 7) is 6.71. The van der Waals surface area contributed by atoms with E-state index in [1.165, 1.54) is 57.6 Å². The third-order valence-corrected chi connectivity index (χ3v) is 12.8. The average molecular weight is 848 g/mol. The highest BCUT2D eigenvalue weighted by Gasteiger charge is 2.35. The molecule has 0 aliphatic heterocycles. The van der Waals surface area contributed by atoms with E-state index in [9.17, 15) is 19.2 Å². The van der Waals surface area contributed by atoms with Crippen molar-refractivity contribution in [2.24, 2.45) is 11.3 Å². The second-order valence-electron chi connectivity index (χ2n) is 15.2. The molecule has 1 aliphatic carbocycles. The van der Waals surface area contributed by atoms with Crippen molar-refractivity contribution < 1.29 is 38.1 Å². The van der Waals surface area contributed by atoms with Gasteiger partial charge in [0.1, 0.15) is 21.7 Å². The fourth-order valence-electron chi connectivity index (χ4n) is 7.05. The van der Waals surface area contributed by atoms with Crippen LogP contribution < -0.4 is 30.2 Å². The van der Waals surface area contributed by atoms with Gasteiger partial charge in [-0.3, -0.25) is 14.4 Å². The summed E-state index contributed by atoms with van der Waals surface area (Å²) in [6.07, 6.45) is 4.01. The lowest BCUT2D eigenvalue weighted by Crippen LogP contribution is -2.30. The number of hydrogen-bond acceptors (Lipinski definition) is 10. The largest absolute Gasteiger partial charge is 0.496 e. The molecule has 13 heteroatoms. The molecule has 3 N–H and O–H groups in total.